The van der Waals surface area contributed by atoms with Crippen LogP contribution in [0.25, 0.3) is 0 Å². The number of quaternary nitrogens is 1. The maximum atomic E-state index is 5.46. The predicted octanol–water partition coefficient (Wildman–Crippen LogP) is 1.45. The molecule has 0 amide bonds. The monoisotopic (exact) mass is 154 g/mol. The van der Waals surface area contributed by atoms with Crippen molar-refractivity contribution in [1.29, 1.82) is 0 Å². The number of hydrogen-bond donors (Lipinski definition) is 1. The summed E-state index contributed by atoms with van der Waals surface area (Å²) in [7, 11) is 0. The summed E-state index contributed by atoms with van der Waals surface area (Å²) in [5.41, 5.74) is 5.08. The van der Waals surface area contributed by atoms with Crippen molar-refractivity contribution < 1.29 is 10.2 Å². The Hall–Kier alpha value is -0.760. The van der Waals surface area contributed by atoms with E-state index in [0.717, 1.165) is 18.1 Å². The summed E-state index contributed by atoms with van der Waals surface area (Å²) in [6.07, 6.45) is 0. The van der Waals surface area contributed by atoms with Gasteiger partial charge < -0.3 is 10.2 Å². The molecule has 11 heavy (non-hydrogen) atoms. The molecule has 0 aliphatic heterocycles. The summed E-state index contributed by atoms with van der Waals surface area (Å²) in [6, 6.07) is 2.10. The minimum Gasteiger partial charge on any atom is -0.460 e. The zero-order valence-electron chi connectivity index (χ0n) is 7.48. The van der Waals surface area contributed by atoms with Crippen LogP contribution in [0.4, 0.5) is 0 Å². The van der Waals surface area contributed by atoms with Gasteiger partial charge in [-0.15, -0.1) is 0 Å². The molecule has 1 aromatic heterocycles. The average Bonchev–Trinajstić information content (AvgIpc) is 2.30. The molecule has 0 unspecified atom stereocenters. The normalized spacial score (nSPS) is 11.0. The Morgan fingerprint density at radius 2 is 2.18 bits per heavy atom. The molecular weight excluding hydrogens is 138 g/mol. The lowest BCUT2D eigenvalue weighted by atomic mass is 10.0. The second-order valence-electron chi connectivity index (χ2n) is 3.13. The molecule has 0 bridgehead atoms. The fourth-order valence-electron chi connectivity index (χ4n) is 1.26. The Bertz CT molecular complexity index is 238. The smallest absolute Gasteiger partial charge is 0.158 e. The van der Waals surface area contributed by atoms with Crippen molar-refractivity contribution in [3.05, 3.63) is 23.2 Å². The fraction of sp³-hybridized carbons (Fsp3) is 0.556. The zero-order valence-corrected chi connectivity index (χ0v) is 7.48. The molecule has 0 atom stereocenters. The van der Waals surface area contributed by atoms with E-state index in [-0.39, 0.29) is 0 Å². The molecule has 2 nitrogen and oxygen atoms in total. The van der Waals surface area contributed by atoms with Gasteiger partial charge >= 0.3 is 0 Å². The van der Waals surface area contributed by atoms with Gasteiger partial charge in [0.15, 0.2) is 5.76 Å². The molecule has 3 N–H and O–H groups in total. The first-order valence-electron chi connectivity index (χ1n) is 4.03. The zero-order chi connectivity index (χ0) is 8.43. The maximum absolute atomic E-state index is 5.46. The van der Waals surface area contributed by atoms with Gasteiger partial charge in [-0.2, -0.15) is 0 Å². The average molecular weight is 154 g/mol. The van der Waals surface area contributed by atoms with E-state index in [1.54, 1.807) is 0 Å². The summed E-state index contributed by atoms with van der Waals surface area (Å²) in [4.78, 5) is 0. The highest BCUT2D eigenvalue weighted by atomic mass is 16.3. The number of rotatable bonds is 2. The molecule has 0 aliphatic carbocycles. The molecule has 0 aliphatic rings. The SMILES string of the molecule is Cc1oc(C[NH3+])cc1C(C)C. The van der Waals surface area contributed by atoms with Gasteiger partial charge in [-0.1, -0.05) is 13.8 Å². The van der Waals surface area contributed by atoms with Gasteiger partial charge in [-0.25, -0.2) is 0 Å². The summed E-state index contributed by atoms with van der Waals surface area (Å²) in [5, 5.41) is 0. The highest BCUT2D eigenvalue weighted by Gasteiger charge is 2.09. The highest BCUT2D eigenvalue weighted by molar-refractivity contribution is 5.23. The molecule has 0 radical (unpaired) electrons. The van der Waals surface area contributed by atoms with Gasteiger partial charge in [0.05, 0.1) is 0 Å². The molecule has 1 heterocycles. The molecule has 0 saturated heterocycles. The van der Waals surface area contributed by atoms with Gasteiger partial charge in [-0.3, -0.25) is 0 Å². The van der Waals surface area contributed by atoms with E-state index in [1.165, 1.54) is 5.56 Å². The fourth-order valence-corrected chi connectivity index (χ4v) is 1.26. The van der Waals surface area contributed by atoms with Crippen molar-refractivity contribution in [1.82, 2.24) is 0 Å². The first-order valence-corrected chi connectivity index (χ1v) is 4.03. The van der Waals surface area contributed by atoms with Gasteiger partial charge in [0.25, 0.3) is 0 Å². The Morgan fingerprint density at radius 3 is 2.45 bits per heavy atom. The molecule has 62 valence electrons. The van der Waals surface area contributed by atoms with Gasteiger partial charge in [0.2, 0.25) is 0 Å². The number of hydrogen-bond acceptors (Lipinski definition) is 1. The molecule has 0 saturated carbocycles. The Morgan fingerprint density at radius 1 is 1.55 bits per heavy atom. The maximum Gasteiger partial charge on any atom is 0.158 e. The predicted molar refractivity (Wildman–Crippen MR) is 44.1 cm³/mol. The van der Waals surface area contributed by atoms with E-state index in [9.17, 15) is 0 Å². The van der Waals surface area contributed by atoms with Crippen LogP contribution in [0.5, 0.6) is 0 Å². The van der Waals surface area contributed by atoms with Crippen molar-refractivity contribution in [2.45, 2.75) is 33.2 Å². The quantitative estimate of drug-likeness (QED) is 0.688. The number of aryl methyl sites for hydroxylation is 1. The third kappa shape index (κ3) is 1.63. The second-order valence-corrected chi connectivity index (χ2v) is 3.13. The molecule has 0 spiro atoms. The summed E-state index contributed by atoms with van der Waals surface area (Å²) < 4.78 is 5.46. The van der Waals surface area contributed by atoms with E-state index in [0.29, 0.717) is 5.92 Å². The standard InChI is InChI=1S/C9H15NO/c1-6(2)9-4-8(5-10)11-7(9)3/h4,6H,5,10H2,1-3H3/p+1. The van der Waals surface area contributed by atoms with Gasteiger partial charge in [0.1, 0.15) is 12.3 Å². The van der Waals surface area contributed by atoms with Gasteiger partial charge in [-0.05, 0) is 24.5 Å². The third-order valence-electron chi connectivity index (χ3n) is 1.88. The molecule has 0 aromatic carbocycles. The lowest BCUT2D eigenvalue weighted by Gasteiger charge is -1.99. The lowest BCUT2D eigenvalue weighted by Crippen LogP contribution is -2.47. The second kappa shape index (κ2) is 3.09. The topological polar surface area (TPSA) is 40.8 Å². The van der Waals surface area contributed by atoms with Crippen LogP contribution >= 0.6 is 0 Å². The van der Waals surface area contributed by atoms with Crippen molar-refractivity contribution in [2.75, 3.05) is 0 Å². The van der Waals surface area contributed by atoms with Gasteiger partial charge in [0, 0.05) is 0 Å². The van der Waals surface area contributed by atoms with E-state index in [4.69, 9.17) is 4.42 Å². The minimum atomic E-state index is 0.555. The van der Waals surface area contributed by atoms with Crippen LogP contribution in [-0.2, 0) is 6.54 Å². The van der Waals surface area contributed by atoms with Crippen LogP contribution in [0, 0.1) is 6.92 Å². The molecule has 2 heteroatoms. The van der Waals surface area contributed by atoms with Crippen LogP contribution in [0.1, 0.15) is 36.8 Å². The Kier molecular flexibility index (Phi) is 2.35. The van der Waals surface area contributed by atoms with Crippen LogP contribution in [0.15, 0.2) is 10.5 Å². The van der Waals surface area contributed by atoms with E-state index < -0.39 is 0 Å². The molecule has 0 fully saturated rings. The summed E-state index contributed by atoms with van der Waals surface area (Å²) in [6.45, 7) is 7.09. The minimum absolute atomic E-state index is 0.555. The van der Waals surface area contributed by atoms with Crippen LogP contribution in [-0.4, -0.2) is 0 Å². The van der Waals surface area contributed by atoms with Crippen molar-refractivity contribution in [2.24, 2.45) is 0 Å². The van der Waals surface area contributed by atoms with Crippen LogP contribution in [0.2, 0.25) is 0 Å². The van der Waals surface area contributed by atoms with E-state index in [2.05, 4.69) is 25.6 Å². The van der Waals surface area contributed by atoms with Crippen molar-refractivity contribution >= 4 is 0 Å². The first-order chi connectivity index (χ1) is 5.15. The largest absolute Gasteiger partial charge is 0.460 e. The molecule has 1 rings (SSSR count). The first kappa shape index (κ1) is 8.34. The lowest BCUT2D eigenvalue weighted by molar-refractivity contribution is -0.390. The van der Waals surface area contributed by atoms with Crippen LogP contribution in [0.3, 0.4) is 0 Å². The summed E-state index contributed by atoms with van der Waals surface area (Å²) >= 11 is 0. The molecule has 1 aromatic rings. The number of furan rings is 1. The van der Waals surface area contributed by atoms with E-state index >= 15 is 0 Å². The van der Waals surface area contributed by atoms with Crippen molar-refractivity contribution in [3.63, 3.8) is 0 Å². The third-order valence-corrected chi connectivity index (χ3v) is 1.88. The Labute approximate surface area is 67.4 Å². The van der Waals surface area contributed by atoms with Crippen molar-refractivity contribution in [3.8, 4) is 0 Å². The Balaban J connectivity index is 2.97. The summed E-state index contributed by atoms with van der Waals surface area (Å²) in [5.74, 6) is 2.59. The molecular formula is C9H16NO+. The van der Waals surface area contributed by atoms with Crippen LogP contribution < -0.4 is 5.73 Å². The van der Waals surface area contributed by atoms with E-state index in [1.807, 2.05) is 6.92 Å². The highest BCUT2D eigenvalue weighted by Crippen LogP contribution is 2.21.